The van der Waals surface area contributed by atoms with E-state index in [-0.39, 0.29) is 17.9 Å². The first-order valence-corrected chi connectivity index (χ1v) is 7.77. The second-order valence-electron chi connectivity index (χ2n) is 5.71. The second kappa shape index (κ2) is 7.24. The number of rotatable bonds is 4. The van der Waals surface area contributed by atoms with Crippen LogP contribution in [0.25, 0.3) is 0 Å². The Kier molecular flexibility index (Phi) is 5.35. The lowest BCUT2D eigenvalue weighted by molar-refractivity contribution is -0.129. The molecule has 1 aliphatic rings. The van der Waals surface area contributed by atoms with Gasteiger partial charge in [-0.05, 0) is 19.4 Å². The van der Waals surface area contributed by atoms with E-state index in [0.717, 1.165) is 25.2 Å². The highest BCUT2D eigenvalue weighted by atomic mass is 16.2. The topological polar surface area (TPSA) is 65.5 Å². The van der Waals surface area contributed by atoms with Crippen molar-refractivity contribution >= 4 is 17.5 Å². The average Bonchev–Trinajstić information content (AvgIpc) is 2.54. The van der Waals surface area contributed by atoms with Gasteiger partial charge in [0.05, 0.1) is 17.4 Å². The van der Waals surface area contributed by atoms with Crippen LogP contribution in [0.2, 0.25) is 0 Å². The molecule has 1 saturated heterocycles. The van der Waals surface area contributed by atoms with E-state index < -0.39 is 0 Å². The van der Waals surface area contributed by atoms with Crippen molar-refractivity contribution in [2.45, 2.75) is 33.2 Å². The molecule has 2 heterocycles. The molecule has 2 rings (SSSR count). The fourth-order valence-electron chi connectivity index (χ4n) is 2.41. The predicted octanol–water partition coefficient (Wildman–Crippen LogP) is 1.28. The Labute approximate surface area is 131 Å². The highest BCUT2D eigenvalue weighted by Gasteiger charge is 2.20. The van der Waals surface area contributed by atoms with Gasteiger partial charge >= 0.3 is 0 Å². The molecule has 0 aliphatic carbocycles. The van der Waals surface area contributed by atoms with Crippen LogP contribution in [-0.2, 0) is 4.79 Å². The highest BCUT2D eigenvalue weighted by molar-refractivity contribution is 5.94. The van der Waals surface area contributed by atoms with Gasteiger partial charge in [-0.1, -0.05) is 6.92 Å². The van der Waals surface area contributed by atoms with E-state index in [1.807, 2.05) is 24.8 Å². The number of nitrogens with zero attached hydrogens (tertiary/aromatic N) is 3. The molecular weight excluding hydrogens is 280 g/mol. The highest BCUT2D eigenvalue weighted by Crippen LogP contribution is 2.17. The number of hydrogen-bond donors (Lipinski definition) is 1. The molecule has 1 unspecified atom stereocenters. The van der Waals surface area contributed by atoms with Crippen LogP contribution in [0, 0.1) is 0 Å². The first kappa shape index (κ1) is 16.3. The molecule has 6 nitrogen and oxygen atoms in total. The third-order valence-corrected chi connectivity index (χ3v) is 4.07. The number of nitrogens with one attached hydrogen (secondary N) is 1. The Morgan fingerprint density at radius 3 is 2.55 bits per heavy atom. The molecule has 0 spiro atoms. The monoisotopic (exact) mass is 304 g/mol. The summed E-state index contributed by atoms with van der Waals surface area (Å²) in [5.74, 6) is 0.0190. The fourth-order valence-corrected chi connectivity index (χ4v) is 2.41. The summed E-state index contributed by atoms with van der Waals surface area (Å²) < 4.78 is 0. The van der Waals surface area contributed by atoms with Gasteiger partial charge in [-0.25, -0.2) is 0 Å². The van der Waals surface area contributed by atoms with Crippen molar-refractivity contribution in [3.05, 3.63) is 24.0 Å². The average molecular weight is 304 g/mol. The van der Waals surface area contributed by atoms with Gasteiger partial charge < -0.3 is 15.1 Å². The van der Waals surface area contributed by atoms with Gasteiger partial charge in [0.25, 0.3) is 5.91 Å². The van der Waals surface area contributed by atoms with Gasteiger partial charge in [0.1, 0.15) is 0 Å². The Hall–Kier alpha value is -2.11. The lowest BCUT2D eigenvalue weighted by atomic mass is 10.2. The van der Waals surface area contributed by atoms with Crippen molar-refractivity contribution in [2.75, 3.05) is 31.1 Å². The number of hydrogen-bond acceptors (Lipinski definition) is 4. The molecule has 1 N–H and O–H groups in total. The van der Waals surface area contributed by atoms with Crippen LogP contribution in [-0.4, -0.2) is 53.9 Å². The zero-order valence-electron chi connectivity index (χ0n) is 13.5. The first-order valence-electron chi connectivity index (χ1n) is 7.77. The molecule has 0 radical (unpaired) electrons. The van der Waals surface area contributed by atoms with Gasteiger partial charge in [0.2, 0.25) is 5.91 Å². The molecule has 1 atom stereocenters. The van der Waals surface area contributed by atoms with Crippen molar-refractivity contribution in [3.8, 4) is 0 Å². The summed E-state index contributed by atoms with van der Waals surface area (Å²) in [5, 5.41) is 2.95. The van der Waals surface area contributed by atoms with E-state index in [0.29, 0.717) is 18.7 Å². The number of pyridine rings is 1. The summed E-state index contributed by atoms with van der Waals surface area (Å²) in [6.45, 7) is 8.55. The van der Waals surface area contributed by atoms with Gasteiger partial charge in [0, 0.05) is 45.3 Å². The summed E-state index contributed by atoms with van der Waals surface area (Å²) in [5.41, 5.74) is 1.51. The summed E-state index contributed by atoms with van der Waals surface area (Å²) in [4.78, 5) is 31.7. The SMILES string of the molecule is CCC(C)NC(=O)c1cncc(N2CCN(C(C)=O)CC2)c1. The minimum Gasteiger partial charge on any atom is -0.367 e. The predicted molar refractivity (Wildman–Crippen MR) is 85.9 cm³/mol. The van der Waals surface area contributed by atoms with Gasteiger partial charge in [-0.15, -0.1) is 0 Å². The molecule has 120 valence electrons. The van der Waals surface area contributed by atoms with E-state index in [4.69, 9.17) is 0 Å². The standard InChI is InChI=1S/C16H24N4O2/c1-4-12(2)18-16(22)14-9-15(11-17-10-14)20-7-5-19(6-8-20)13(3)21/h9-12H,4-8H2,1-3H3,(H,18,22). The third kappa shape index (κ3) is 3.96. The molecule has 1 aliphatic heterocycles. The van der Waals surface area contributed by atoms with Gasteiger partial charge in [0.15, 0.2) is 0 Å². The number of anilines is 1. The lowest BCUT2D eigenvalue weighted by Gasteiger charge is -2.35. The van der Waals surface area contributed by atoms with Gasteiger partial charge in [-0.2, -0.15) is 0 Å². The minimum absolute atomic E-state index is 0.0916. The summed E-state index contributed by atoms with van der Waals surface area (Å²) in [6, 6.07) is 2.02. The number of carbonyl (C=O) groups excluding carboxylic acids is 2. The molecule has 2 amide bonds. The normalized spacial score (nSPS) is 16.3. The first-order chi connectivity index (χ1) is 10.5. The number of piperazine rings is 1. The Morgan fingerprint density at radius 2 is 1.95 bits per heavy atom. The number of carbonyl (C=O) groups is 2. The summed E-state index contributed by atoms with van der Waals surface area (Å²) in [7, 11) is 0. The van der Waals surface area contributed by atoms with Crippen molar-refractivity contribution in [2.24, 2.45) is 0 Å². The van der Waals surface area contributed by atoms with Crippen LogP contribution in [0.15, 0.2) is 18.5 Å². The molecule has 1 fully saturated rings. The minimum atomic E-state index is -0.0916. The van der Waals surface area contributed by atoms with Crippen molar-refractivity contribution < 1.29 is 9.59 Å². The largest absolute Gasteiger partial charge is 0.367 e. The van der Waals surface area contributed by atoms with Crippen molar-refractivity contribution in [3.63, 3.8) is 0 Å². The Balaban J connectivity index is 2.03. The van der Waals surface area contributed by atoms with E-state index in [1.54, 1.807) is 19.3 Å². The maximum Gasteiger partial charge on any atom is 0.253 e. The van der Waals surface area contributed by atoms with Gasteiger partial charge in [-0.3, -0.25) is 14.6 Å². The van der Waals surface area contributed by atoms with E-state index in [2.05, 4.69) is 15.2 Å². The summed E-state index contributed by atoms with van der Waals surface area (Å²) in [6.07, 6.45) is 4.25. The zero-order chi connectivity index (χ0) is 16.1. The van der Waals surface area contributed by atoms with Crippen LogP contribution in [0.4, 0.5) is 5.69 Å². The second-order valence-corrected chi connectivity index (χ2v) is 5.71. The van der Waals surface area contributed by atoms with Crippen molar-refractivity contribution in [1.29, 1.82) is 0 Å². The fraction of sp³-hybridized carbons (Fsp3) is 0.562. The van der Waals surface area contributed by atoms with E-state index >= 15 is 0 Å². The molecule has 6 heteroatoms. The number of amides is 2. The molecule has 22 heavy (non-hydrogen) atoms. The molecule has 1 aromatic heterocycles. The van der Waals surface area contributed by atoms with E-state index in [1.165, 1.54) is 0 Å². The zero-order valence-corrected chi connectivity index (χ0v) is 13.5. The molecule has 0 bridgehead atoms. The van der Waals surface area contributed by atoms with Crippen LogP contribution in [0.3, 0.4) is 0 Å². The Morgan fingerprint density at radius 1 is 1.27 bits per heavy atom. The smallest absolute Gasteiger partial charge is 0.253 e. The maximum atomic E-state index is 12.2. The van der Waals surface area contributed by atoms with E-state index in [9.17, 15) is 9.59 Å². The maximum absolute atomic E-state index is 12.2. The third-order valence-electron chi connectivity index (χ3n) is 4.07. The van der Waals surface area contributed by atoms with Crippen LogP contribution in [0.5, 0.6) is 0 Å². The van der Waals surface area contributed by atoms with Crippen LogP contribution < -0.4 is 10.2 Å². The molecule has 1 aromatic rings. The Bertz CT molecular complexity index is 539. The van der Waals surface area contributed by atoms with Crippen LogP contribution >= 0.6 is 0 Å². The molecule has 0 aromatic carbocycles. The van der Waals surface area contributed by atoms with Crippen molar-refractivity contribution in [1.82, 2.24) is 15.2 Å². The molecule has 0 saturated carbocycles. The van der Waals surface area contributed by atoms with Crippen LogP contribution in [0.1, 0.15) is 37.6 Å². The quantitative estimate of drug-likeness (QED) is 0.910. The summed E-state index contributed by atoms with van der Waals surface area (Å²) >= 11 is 0. The lowest BCUT2D eigenvalue weighted by Crippen LogP contribution is -2.48. The number of aromatic nitrogens is 1. The molecular formula is C16H24N4O2.